The summed E-state index contributed by atoms with van der Waals surface area (Å²) in [6, 6.07) is 0. The maximum absolute atomic E-state index is 12.5. The van der Waals surface area contributed by atoms with E-state index < -0.39 is 30.3 Å². The number of alkyl halides is 6. The Morgan fingerprint density at radius 1 is 0.889 bits per heavy atom. The molecule has 0 radical (unpaired) electrons. The number of hydrogen-bond acceptors (Lipinski definition) is 1. The van der Waals surface area contributed by atoms with Crippen LogP contribution in [0.4, 0.5) is 26.3 Å². The van der Waals surface area contributed by atoms with Crippen molar-refractivity contribution in [1.29, 1.82) is 0 Å². The summed E-state index contributed by atoms with van der Waals surface area (Å²) in [5, 5.41) is 9.05. The quantitative estimate of drug-likeness (QED) is 0.755. The summed E-state index contributed by atoms with van der Waals surface area (Å²) in [6.45, 7) is 1.91. The van der Waals surface area contributed by atoms with Gasteiger partial charge < -0.3 is 5.11 Å². The van der Waals surface area contributed by atoms with E-state index in [4.69, 9.17) is 5.11 Å². The zero-order valence-corrected chi connectivity index (χ0v) is 9.91. The van der Waals surface area contributed by atoms with Crippen molar-refractivity contribution in [3.8, 4) is 0 Å². The predicted molar refractivity (Wildman–Crippen MR) is 52.8 cm³/mol. The van der Waals surface area contributed by atoms with Gasteiger partial charge in [0, 0.05) is 0 Å². The molecule has 18 heavy (non-hydrogen) atoms. The normalized spacial score (nSPS) is 27.3. The van der Waals surface area contributed by atoms with Crippen molar-refractivity contribution in [3.05, 3.63) is 0 Å². The number of rotatable bonds is 2. The molecule has 0 bridgehead atoms. The lowest BCUT2D eigenvalue weighted by Crippen LogP contribution is -2.57. The monoisotopic (exact) mass is 278 g/mol. The van der Waals surface area contributed by atoms with E-state index in [1.807, 2.05) is 6.92 Å². The lowest BCUT2D eigenvalue weighted by molar-refractivity contribution is -0.373. The number of halogens is 6. The molecule has 0 aliphatic heterocycles. The van der Waals surface area contributed by atoms with Crippen LogP contribution in [-0.4, -0.2) is 23.1 Å². The molecule has 1 rings (SSSR count). The highest BCUT2D eigenvalue weighted by Gasteiger charge is 2.70. The van der Waals surface area contributed by atoms with Crippen LogP contribution in [-0.2, 0) is 0 Å². The Kier molecular flexibility index (Phi) is 4.25. The first-order valence-corrected chi connectivity index (χ1v) is 5.83. The van der Waals surface area contributed by atoms with Gasteiger partial charge in [0.15, 0.2) is 0 Å². The van der Waals surface area contributed by atoms with Gasteiger partial charge in [0.2, 0.25) is 0 Å². The van der Waals surface area contributed by atoms with E-state index in [1.165, 1.54) is 0 Å². The van der Waals surface area contributed by atoms with Crippen LogP contribution in [0.1, 0.15) is 39.0 Å². The topological polar surface area (TPSA) is 20.2 Å². The zero-order valence-electron chi connectivity index (χ0n) is 9.91. The fourth-order valence-corrected chi connectivity index (χ4v) is 2.34. The van der Waals surface area contributed by atoms with Gasteiger partial charge in [-0.3, -0.25) is 0 Å². The zero-order chi connectivity index (χ0) is 14.2. The van der Waals surface area contributed by atoms with Crippen molar-refractivity contribution < 1.29 is 31.4 Å². The summed E-state index contributed by atoms with van der Waals surface area (Å²) in [5.74, 6) is -0.402. The van der Waals surface area contributed by atoms with Gasteiger partial charge in [-0.05, 0) is 18.3 Å². The van der Waals surface area contributed by atoms with Gasteiger partial charge in [0.05, 0.1) is 0 Å². The van der Waals surface area contributed by atoms with Crippen molar-refractivity contribution in [2.45, 2.75) is 57.0 Å². The van der Waals surface area contributed by atoms with Gasteiger partial charge >= 0.3 is 12.4 Å². The van der Waals surface area contributed by atoms with Crippen LogP contribution in [0, 0.1) is 11.8 Å². The molecule has 1 saturated carbocycles. The third-order valence-corrected chi connectivity index (χ3v) is 3.66. The van der Waals surface area contributed by atoms with Gasteiger partial charge in [-0.15, -0.1) is 0 Å². The Morgan fingerprint density at radius 2 is 1.28 bits per heavy atom. The first-order valence-electron chi connectivity index (χ1n) is 5.83. The summed E-state index contributed by atoms with van der Waals surface area (Å²) >= 11 is 0. The minimum atomic E-state index is -5.69. The van der Waals surface area contributed by atoms with Gasteiger partial charge in [-0.1, -0.05) is 32.6 Å². The molecule has 1 fully saturated rings. The molecular weight excluding hydrogens is 262 g/mol. The van der Waals surface area contributed by atoms with Crippen molar-refractivity contribution in [3.63, 3.8) is 0 Å². The second-order valence-corrected chi connectivity index (χ2v) is 5.19. The summed E-state index contributed by atoms with van der Waals surface area (Å²) in [7, 11) is 0. The van der Waals surface area contributed by atoms with Gasteiger partial charge in [-0.2, -0.15) is 26.3 Å². The maximum atomic E-state index is 12.5. The highest BCUT2D eigenvalue weighted by molar-refractivity contribution is 4.96. The molecule has 0 aromatic heterocycles. The summed E-state index contributed by atoms with van der Waals surface area (Å²) in [4.78, 5) is 0. The first-order chi connectivity index (χ1) is 7.97. The smallest absolute Gasteiger partial charge is 0.374 e. The summed E-state index contributed by atoms with van der Waals surface area (Å²) < 4.78 is 74.8. The number of hydrogen-bond donors (Lipinski definition) is 1. The molecule has 1 aliphatic carbocycles. The first kappa shape index (κ1) is 15.6. The van der Waals surface area contributed by atoms with E-state index in [0.717, 1.165) is 0 Å². The standard InChI is InChI=1S/C11H16F6O/c1-7-2-4-8(5-3-7)6-9(18,10(12,13)14)11(15,16)17/h7-8,18H,2-6H2,1H3. The molecule has 0 amide bonds. The summed E-state index contributed by atoms with van der Waals surface area (Å²) in [6.07, 6.45) is -10.8. The van der Waals surface area contributed by atoms with Crippen molar-refractivity contribution >= 4 is 0 Å². The predicted octanol–water partition coefficient (Wildman–Crippen LogP) is 4.06. The molecule has 0 unspecified atom stereocenters. The largest absolute Gasteiger partial charge is 0.426 e. The molecule has 1 aliphatic rings. The highest BCUT2D eigenvalue weighted by Crippen LogP contribution is 2.48. The molecule has 0 saturated heterocycles. The lowest BCUT2D eigenvalue weighted by atomic mass is 9.77. The molecular formula is C11H16F6O. The molecule has 0 heterocycles. The SMILES string of the molecule is CC1CCC(CC(O)(C(F)(F)F)C(F)(F)F)CC1. The minimum absolute atomic E-state index is 0.301. The molecule has 7 heteroatoms. The molecule has 0 atom stereocenters. The van der Waals surface area contributed by atoms with E-state index in [1.54, 1.807) is 0 Å². The Bertz CT molecular complexity index is 260. The van der Waals surface area contributed by atoms with Crippen LogP contribution in [0.2, 0.25) is 0 Å². The fourth-order valence-electron chi connectivity index (χ4n) is 2.34. The van der Waals surface area contributed by atoms with E-state index in [9.17, 15) is 26.3 Å². The molecule has 1 N–H and O–H groups in total. The third-order valence-electron chi connectivity index (χ3n) is 3.66. The summed E-state index contributed by atoms with van der Waals surface area (Å²) in [5.41, 5.74) is -4.58. The van der Waals surface area contributed by atoms with Gasteiger partial charge in [-0.25, -0.2) is 0 Å². The van der Waals surface area contributed by atoms with Crippen molar-refractivity contribution in [2.24, 2.45) is 11.8 Å². The Morgan fingerprint density at radius 3 is 1.61 bits per heavy atom. The van der Waals surface area contributed by atoms with Gasteiger partial charge in [0.1, 0.15) is 0 Å². The molecule has 0 spiro atoms. The van der Waals surface area contributed by atoms with Crippen molar-refractivity contribution in [1.82, 2.24) is 0 Å². The maximum Gasteiger partial charge on any atom is 0.426 e. The van der Waals surface area contributed by atoms with E-state index in [0.29, 0.717) is 31.6 Å². The van der Waals surface area contributed by atoms with E-state index in [-0.39, 0.29) is 0 Å². The van der Waals surface area contributed by atoms with Crippen LogP contribution >= 0.6 is 0 Å². The molecule has 0 aromatic rings. The average molecular weight is 278 g/mol. The fraction of sp³-hybridized carbons (Fsp3) is 1.00. The van der Waals surface area contributed by atoms with E-state index in [2.05, 4.69) is 0 Å². The second-order valence-electron chi connectivity index (χ2n) is 5.19. The average Bonchev–Trinajstić information content (AvgIpc) is 2.18. The van der Waals surface area contributed by atoms with Gasteiger partial charge in [0.25, 0.3) is 5.60 Å². The van der Waals surface area contributed by atoms with Crippen LogP contribution in [0.15, 0.2) is 0 Å². The van der Waals surface area contributed by atoms with Crippen LogP contribution in [0.5, 0.6) is 0 Å². The number of aliphatic hydroxyl groups is 1. The highest BCUT2D eigenvalue weighted by atomic mass is 19.4. The van der Waals surface area contributed by atoms with Crippen molar-refractivity contribution in [2.75, 3.05) is 0 Å². The van der Waals surface area contributed by atoms with Crippen LogP contribution < -0.4 is 0 Å². The van der Waals surface area contributed by atoms with E-state index >= 15 is 0 Å². The Balaban J connectivity index is 2.81. The third kappa shape index (κ3) is 3.10. The minimum Gasteiger partial charge on any atom is -0.374 e. The Labute approximate surface area is 101 Å². The Hall–Kier alpha value is -0.460. The van der Waals surface area contributed by atoms with Crippen LogP contribution in [0.25, 0.3) is 0 Å². The lowest BCUT2D eigenvalue weighted by Gasteiger charge is -2.37. The molecule has 108 valence electrons. The second kappa shape index (κ2) is 4.90. The van der Waals surface area contributed by atoms with Crippen LogP contribution in [0.3, 0.4) is 0 Å². The molecule has 0 aromatic carbocycles. The molecule has 1 nitrogen and oxygen atoms in total.